The lowest BCUT2D eigenvalue weighted by Crippen LogP contribution is -2.09. The summed E-state index contributed by atoms with van der Waals surface area (Å²) in [5, 5.41) is 14.5. The second kappa shape index (κ2) is 6.28. The van der Waals surface area contributed by atoms with Crippen molar-refractivity contribution in [1.29, 1.82) is 0 Å². The second-order valence-electron chi connectivity index (χ2n) is 5.95. The van der Waals surface area contributed by atoms with E-state index in [1.165, 1.54) is 32.1 Å². The Labute approximate surface area is 139 Å². The van der Waals surface area contributed by atoms with Crippen LogP contribution in [0.4, 0.5) is 0 Å². The molecule has 1 saturated carbocycles. The Bertz CT molecular complexity index is 787. The smallest absolute Gasteiger partial charge is 0.234 e. The first-order valence-electron chi connectivity index (χ1n) is 8.30. The number of rotatable bonds is 4. The summed E-state index contributed by atoms with van der Waals surface area (Å²) in [6.07, 6.45) is 6.32. The van der Waals surface area contributed by atoms with Crippen LogP contribution in [0.25, 0.3) is 15.5 Å². The molecule has 1 aliphatic rings. The highest BCUT2D eigenvalue weighted by atomic mass is 32.1. The Morgan fingerprint density at radius 2 is 1.91 bits per heavy atom. The van der Waals surface area contributed by atoms with Crippen LogP contribution in [0.3, 0.4) is 0 Å². The minimum atomic E-state index is 0.508. The highest BCUT2D eigenvalue weighted by molar-refractivity contribution is 7.19. The van der Waals surface area contributed by atoms with Crippen molar-refractivity contribution in [3.05, 3.63) is 30.1 Å². The molecule has 0 saturated heterocycles. The fourth-order valence-electron chi connectivity index (χ4n) is 3.22. The molecule has 6 heteroatoms. The molecule has 0 bridgehead atoms. The average Bonchev–Trinajstić information content (AvgIpc) is 3.17. The molecule has 0 atom stereocenters. The van der Waals surface area contributed by atoms with E-state index in [4.69, 9.17) is 9.84 Å². The van der Waals surface area contributed by atoms with Gasteiger partial charge in [0.1, 0.15) is 10.8 Å². The number of nitrogens with zero attached hydrogens (tertiary/aromatic N) is 4. The lowest BCUT2D eigenvalue weighted by atomic mass is 9.89. The topological polar surface area (TPSA) is 52.3 Å². The fraction of sp³-hybridized carbons (Fsp3) is 0.471. The molecule has 0 radical (unpaired) electrons. The van der Waals surface area contributed by atoms with E-state index in [1.807, 2.05) is 23.6 Å². The van der Waals surface area contributed by atoms with E-state index in [9.17, 15) is 0 Å². The molecule has 1 aromatic carbocycles. The number of ether oxygens (including phenoxy) is 1. The molecule has 5 nitrogen and oxygen atoms in total. The van der Waals surface area contributed by atoms with Crippen molar-refractivity contribution in [2.75, 3.05) is 6.61 Å². The van der Waals surface area contributed by atoms with Gasteiger partial charge in [-0.05, 0) is 44.0 Å². The van der Waals surface area contributed by atoms with E-state index in [2.05, 4.69) is 22.3 Å². The summed E-state index contributed by atoms with van der Waals surface area (Å²) in [6, 6.07) is 8.08. The van der Waals surface area contributed by atoms with Crippen LogP contribution in [0.5, 0.6) is 5.75 Å². The average molecular weight is 328 g/mol. The van der Waals surface area contributed by atoms with Gasteiger partial charge in [-0.15, -0.1) is 10.2 Å². The number of aromatic nitrogens is 4. The van der Waals surface area contributed by atoms with Crippen molar-refractivity contribution in [3.8, 4) is 16.3 Å². The van der Waals surface area contributed by atoms with Crippen LogP contribution >= 0.6 is 11.3 Å². The normalized spacial score (nSPS) is 16.0. The standard InChI is InChI=1S/C17H20N4OS/c1-2-22-14-10-8-13(9-11-14)16-20-21-15(18-19-17(21)23-16)12-6-4-3-5-7-12/h8-12H,2-7H2,1H3. The molecule has 1 fully saturated rings. The summed E-state index contributed by atoms with van der Waals surface area (Å²) >= 11 is 1.59. The largest absolute Gasteiger partial charge is 0.494 e. The zero-order valence-electron chi connectivity index (χ0n) is 13.2. The van der Waals surface area contributed by atoms with Gasteiger partial charge >= 0.3 is 0 Å². The van der Waals surface area contributed by atoms with E-state index >= 15 is 0 Å². The molecule has 0 spiro atoms. The highest BCUT2D eigenvalue weighted by Gasteiger charge is 2.23. The summed E-state index contributed by atoms with van der Waals surface area (Å²) in [6.45, 7) is 2.67. The Hall–Kier alpha value is -1.95. The fourth-order valence-corrected chi connectivity index (χ4v) is 4.08. The van der Waals surface area contributed by atoms with Gasteiger partial charge in [0.05, 0.1) is 6.61 Å². The zero-order chi connectivity index (χ0) is 15.6. The van der Waals surface area contributed by atoms with Crippen LogP contribution in [0.15, 0.2) is 24.3 Å². The molecule has 4 rings (SSSR count). The van der Waals surface area contributed by atoms with E-state index in [-0.39, 0.29) is 0 Å². The molecule has 2 aromatic heterocycles. The maximum Gasteiger partial charge on any atom is 0.234 e. The number of benzene rings is 1. The van der Waals surface area contributed by atoms with Gasteiger partial charge in [-0.2, -0.15) is 9.61 Å². The SMILES string of the molecule is CCOc1ccc(-c2nn3c(C4CCCCC4)nnc3s2)cc1. The summed E-state index contributed by atoms with van der Waals surface area (Å²) in [4.78, 5) is 0.884. The third kappa shape index (κ3) is 2.83. The highest BCUT2D eigenvalue weighted by Crippen LogP contribution is 2.34. The van der Waals surface area contributed by atoms with Crippen LogP contribution in [-0.4, -0.2) is 26.4 Å². The number of fused-ring (bicyclic) bond motifs is 1. The third-order valence-electron chi connectivity index (χ3n) is 4.40. The van der Waals surface area contributed by atoms with Gasteiger partial charge in [0.2, 0.25) is 4.96 Å². The van der Waals surface area contributed by atoms with Crippen molar-refractivity contribution < 1.29 is 4.74 Å². The number of hydrogen-bond acceptors (Lipinski definition) is 5. The minimum absolute atomic E-state index is 0.508. The second-order valence-corrected chi connectivity index (χ2v) is 6.91. The van der Waals surface area contributed by atoms with Crippen LogP contribution in [-0.2, 0) is 0 Å². The molecular formula is C17H20N4OS. The van der Waals surface area contributed by atoms with Gasteiger partial charge in [-0.3, -0.25) is 0 Å². The Balaban J connectivity index is 1.64. The zero-order valence-corrected chi connectivity index (χ0v) is 14.1. The first kappa shape index (κ1) is 14.6. The number of hydrogen-bond donors (Lipinski definition) is 0. The van der Waals surface area contributed by atoms with Crippen molar-refractivity contribution in [1.82, 2.24) is 19.8 Å². The van der Waals surface area contributed by atoms with Crippen LogP contribution in [0.2, 0.25) is 0 Å². The van der Waals surface area contributed by atoms with E-state index < -0.39 is 0 Å². The van der Waals surface area contributed by atoms with Crippen LogP contribution in [0, 0.1) is 0 Å². The first-order valence-corrected chi connectivity index (χ1v) is 9.12. The monoisotopic (exact) mass is 328 g/mol. The molecule has 0 unspecified atom stereocenters. The van der Waals surface area contributed by atoms with E-state index in [1.54, 1.807) is 11.3 Å². The van der Waals surface area contributed by atoms with Crippen molar-refractivity contribution >= 4 is 16.3 Å². The molecule has 0 N–H and O–H groups in total. The third-order valence-corrected chi connectivity index (χ3v) is 5.35. The Morgan fingerprint density at radius 1 is 1.13 bits per heavy atom. The van der Waals surface area contributed by atoms with Crippen LogP contribution in [0.1, 0.15) is 50.8 Å². The Kier molecular flexibility index (Phi) is 3.99. The predicted octanol–water partition coefficient (Wildman–Crippen LogP) is 4.30. The molecule has 2 heterocycles. The maximum absolute atomic E-state index is 5.49. The summed E-state index contributed by atoms with van der Waals surface area (Å²) in [5.74, 6) is 2.43. The van der Waals surface area contributed by atoms with Crippen LogP contribution < -0.4 is 4.74 Å². The molecule has 23 heavy (non-hydrogen) atoms. The van der Waals surface area contributed by atoms with E-state index in [0.29, 0.717) is 12.5 Å². The molecule has 1 aliphatic carbocycles. The Morgan fingerprint density at radius 3 is 2.65 bits per heavy atom. The van der Waals surface area contributed by atoms with Crippen molar-refractivity contribution in [2.24, 2.45) is 0 Å². The van der Waals surface area contributed by atoms with Gasteiger partial charge < -0.3 is 4.74 Å². The first-order chi connectivity index (χ1) is 11.3. The van der Waals surface area contributed by atoms with E-state index in [0.717, 1.165) is 27.1 Å². The molecule has 120 valence electrons. The maximum atomic E-state index is 5.49. The summed E-state index contributed by atoms with van der Waals surface area (Å²) in [7, 11) is 0. The summed E-state index contributed by atoms with van der Waals surface area (Å²) < 4.78 is 7.45. The predicted molar refractivity (Wildman–Crippen MR) is 91.1 cm³/mol. The van der Waals surface area contributed by atoms with Gasteiger partial charge in [0, 0.05) is 11.5 Å². The quantitative estimate of drug-likeness (QED) is 0.716. The van der Waals surface area contributed by atoms with Crippen molar-refractivity contribution in [2.45, 2.75) is 44.9 Å². The van der Waals surface area contributed by atoms with Gasteiger partial charge in [0.15, 0.2) is 5.82 Å². The van der Waals surface area contributed by atoms with Crippen molar-refractivity contribution in [3.63, 3.8) is 0 Å². The van der Waals surface area contributed by atoms with Gasteiger partial charge in [0.25, 0.3) is 0 Å². The lowest BCUT2D eigenvalue weighted by Gasteiger charge is -2.18. The molecule has 3 aromatic rings. The van der Waals surface area contributed by atoms with Gasteiger partial charge in [-0.25, -0.2) is 0 Å². The minimum Gasteiger partial charge on any atom is -0.494 e. The molecular weight excluding hydrogens is 308 g/mol. The lowest BCUT2D eigenvalue weighted by molar-refractivity contribution is 0.340. The molecule has 0 aliphatic heterocycles. The molecule has 0 amide bonds. The summed E-state index contributed by atoms with van der Waals surface area (Å²) in [5.41, 5.74) is 1.10. The van der Waals surface area contributed by atoms with Gasteiger partial charge in [-0.1, -0.05) is 30.6 Å².